The third-order valence-electron chi connectivity index (χ3n) is 2.66. The topological polar surface area (TPSA) is 83.6 Å². The van der Waals surface area contributed by atoms with Gasteiger partial charge in [-0.05, 0) is 31.7 Å². The SMILES string of the molecule is CCNc1nc(Sc2nccc(=O)[nH]2)c2cc(C)sc2n1. The lowest BCUT2D eigenvalue weighted by Gasteiger charge is -2.05. The van der Waals surface area contributed by atoms with E-state index >= 15 is 0 Å². The Kier molecular flexibility index (Phi) is 3.89. The molecular weight excluding hydrogens is 306 g/mol. The highest BCUT2D eigenvalue weighted by Crippen LogP contribution is 2.34. The Hall–Kier alpha value is -1.93. The number of thiophene rings is 1. The number of fused-ring (bicyclic) bond motifs is 1. The van der Waals surface area contributed by atoms with Crippen LogP contribution in [0.15, 0.2) is 33.3 Å². The number of nitrogens with one attached hydrogen (secondary N) is 2. The summed E-state index contributed by atoms with van der Waals surface area (Å²) in [7, 11) is 0. The molecule has 0 unspecified atom stereocenters. The summed E-state index contributed by atoms with van der Waals surface area (Å²) in [5, 5.41) is 5.42. The minimum absolute atomic E-state index is 0.175. The number of nitrogens with zero attached hydrogens (tertiary/aromatic N) is 3. The van der Waals surface area contributed by atoms with Crippen LogP contribution in [0.25, 0.3) is 10.2 Å². The molecule has 8 heteroatoms. The van der Waals surface area contributed by atoms with Crippen LogP contribution >= 0.6 is 23.1 Å². The standard InChI is InChI=1S/C13H13N5OS2/c1-3-14-12-17-10-8(6-7(2)20-10)11(18-12)21-13-15-5-4-9(19)16-13/h4-6H,3H2,1-2H3,(H,14,17,18)(H,15,16,19). The van der Waals surface area contributed by atoms with Gasteiger partial charge in [-0.1, -0.05) is 0 Å². The summed E-state index contributed by atoms with van der Waals surface area (Å²) in [4.78, 5) is 29.3. The average Bonchev–Trinajstić information content (AvgIpc) is 2.80. The van der Waals surface area contributed by atoms with Gasteiger partial charge in [0.05, 0.1) is 0 Å². The van der Waals surface area contributed by atoms with Crippen LogP contribution in [0.4, 0.5) is 5.95 Å². The monoisotopic (exact) mass is 319 g/mol. The lowest BCUT2D eigenvalue weighted by Crippen LogP contribution is -2.06. The quantitative estimate of drug-likeness (QED) is 0.568. The third-order valence-corrected chi connectivity index (χ3v) is 4.51. The Morgan fingerprint density at radius 2 is 2.29 bits per heavy atom. The van der Waals surface area contributed by atoms with Gasteiger partial charge in [0, 0.05) is 29.1 Å². The zero-order valence-corrected chi connectivity index (χ0v) is 13.1. The number of aryl methyl sites for hydroxylation is 1. The first kappa shape index (κ1) is 14.0. The van der Waals surface area contributed by atoms with Crippen LogP contribution in [0, 0.1) is 6.92 Å². The molecular formula is C13H13N5OS2. The van der Waals surface area contributed by atoms with Crippen LogP contribution < -0.4 is 10.9 Å². The van der Waals surface area contributed by atoms with Crippen LogP contribution in [0.5, 0.6) is 0 Å². The van der Waals surface area contributed by atoms with Gasteiger partial charge in [0.15, 0.2) is 5.16 Å². The van der Waals surface area contributed by atoms with E-state index in [0.29, 0.717) is 11.1 Å². The largest absolute Gasteiger partial charge is 0.354 e. The molecule has 0 radical (unpaired) electrons. The van der Waals surface area contributed by atoms with E-state index in [1.54, 1.807) is 11.3 Å². The highest BCUT2D eigenvalue weighted by Gasteiger charge is 2.12. The van der Waals surface area contributed by atoms with Crippen molar-refractivity contribution in [3.05, 3.63) is 33.6 Å². The van der Waals surface area contributed by atoms with Crippen LogP contribution in [-0.2, 0) is 0 Å². The van der Waals surface area contributed by atoms with Crippen molar-refractivity contribution < 1.29 is 0 Å². The maximum atomic E-state index is 11.4. The fourth-order valence-corrected chi connectivity index (χ4v) is 3.62. The Morgan fingerprint density at radius 1 is 1.43 bits per heavy atom. The van der Waals surface area contributed by atoms with E-state index in [1.165, 1.54) is 28.9 Å². The first-order valence-electron chi connectivity index (χ1n) is 6.41. The first-order valence-corrected chi connectivity index (χ1v) is 8.04. The molecule has 0 aliphatic rings. The smallest absolute Gasteiger partial charge is 0.251 e. The zero-order valence-electron chi connectivity index (χ0n) is 11.5. The van der Waals surface area contributed by atoms with Crippen LogP contribution in [-0.4, -0.2) is 26.5 Å². The zero-order chi connectivity index (χ0) is 14.8. The minimum atomic E-state index is -0.175. The summed E-state index contributed by atoms with van der Waals surface area (Å²) in [5.41, 5.74) is -0.175. The van der Waals surface area contributed by atoms with Crippen molar-refractivity contribution in [2.24, 2.45) is 0 Å². The molecule has 0 fully saturated rings. The van der Waals surface area contributed by atoms with E-state index in [1.807, 2.05) is 13.8 Å². The van der Waals surface area contributed by atoms with Crippen molar-refractivity contribution in [1.82, 2.24) is 19.9 Å². The predicted molar refractivity (Wildman–Crippen MR) is 85.3 cm³/mol. The second-order valence-electron chi connectivity index (χ2n) is 4.30. The number of rotatable bonds is 4. The van der Waals surface area contributed by atoms with Crippen molar-refractivity contribution >= 4 is 39.3 Å². The van der Waals surface area contributed by atoms with E-state index in [4.69, 9.17) is 0 Å². The van der Waals surface area contributed by atoms with E-state index in [9.17, 15) is 4.79 Å². The van der Waals surface area contributed by atoms with Crippen LogP contribution in [0.1, 0.15) is 11.8 Å². The molecule has 0 atom stereocenters. The van der Waals surface area contributed by atoms with Crippen molar-refractivity contribution in [3.63, 3.8) is 0 Å². The Balaban J connectivity index is 2.08. The molecule has 0 saturated heterocycles. The molecule has 0 bridgehead atoms. The van der Waals surface area contributed by atoms with Crippen molar-refractivity contribution in [2.45, 2.75) is 24.0 Å². The highest BCUT2D eigenvalue weighted by atomic mass is 32.2. The van der Waals surface area contributed by atoms with Gasteiger partial charge in [-0.15, -0.1) is 11.3 Å². The molecule has 0 aliphatic heterocycles. The number of aromatic nitrogens is 4. The normalized spacial score (nSPS) is 11.0. The molecule has 3 aromatic rings. The summed E-state index contributed by atoms with van der Waals surface area (Å²) in [5.74, 6) is 0.590. The van der Waals surface area contributed by atoms with Gasteiger partial charge in [-0.2, -0.15) is 0 Å². The maximum absolute atomic E-state index is 11.4. The molecule has 2 N–H and O–H groups in total. The van der Waals surface area contributed by atoms with Gasteiger partial charge in [0.1, 0.15) is 9.86 Å². The summed E-state index contributed by atoms with van der Waals surface area (Å²) < 4.78 is 0. The number of hydrogen-bond acceptors (Lipinski definition) is 7. The van der Waals surface area contributed by atoms with E-state index in [0.717, 1.165) is 21.8 Å². The van der Waals surface area contributed by atoms with E-state index in [-0.39, 0.29) is 5.56 Å². The molecule has 0 spiro atoms. The van der Waals surface area contributed by atoms with Crippen molar-refractivity contribution in [3.8, 4) is 0 Å². The Labute approximate surface area is 129 Å². The van der Waals surface area contributed by atoms with Gasteiger partial charge in [0.2, 0.25) is 5.95 Å². The second-order valence-corrected chi connectivity index (χ2v) is 6.51. The van der Waals surface area contributed by atoms with Crippen molar-refractivity contribution in [1.29, 1.82) is 0 Å². The predicted octanol–water partition coefficient (Wildman–Crippen LogP) is 2.67. The summed E-state index contributed by atoms with van der Waals surface area (Å²) in [6, 6.07) is 3.44. The molecule has 3 rings (SSSR count). The molecule has 0 aromatic carbocycles. The minimum Gasteiger partial charge on any atom is -0.354 e. The van der Waals surface area contributed by atoms with Gasteiger partial charge in [-0.3, -0.25) is 4.79 Å². The molecule has 0 saturated carbocycles. The summed E-state index contributed by atoms with van der Waals surface area (Å²) in [6.45, 7) is 4.78. The molecule has 3 heterocycles. The van der Waals surface area contributed by atoms with E-state index < -0.39 is 0 Å². The summed E-state index contributed by atoms with van der Waals surface area (Å²) in [6.07, 6.45) is 1.49. The molecule has 21 heavy (non-hydrogen) atoms. The lowest BCUT2D eigenvalue weighted by molar-refractivity contribution is 0.932. The summed E-state index contributed by atoms with van der Waals surface area (Å²) >= 11 is 2.96. The third kappa shape index (κ3) is 3.06. The fraction of sp³-hybridized carbons (Fsp3) is 0.231. The number of anilines is 1. The molecule has 6 nitrogen and oxygen atoms in total. The number of aromatic amines is 1. The Morgan fingerprint density at radius 3 is 3.05 bits per heavy atom. The Bertz CT molecular complexity index is 842. The van der Waals surface area contributed by atoms with E-state index in [2.05, 4.69) is 31.3 Å². The van der Waals surface area contributed by atoms with Gasteiger partial charge in [0.25, 0.3) is 5.56 Å². The molecule has 3 aromatic heterocycles. The molecule has 0 amide bonds. The first-order chi connectivity index (χ1) is 10.2. The highest BCUT2D eigenvalue weighted by molar-refractivity contribution is 7.99. The molecule has 0 aliphatic carbocycles. The van der Waals surface area contributed by atoms with Gasteiger partial charge < -0.3 is 10.3 Å². The maximum Gasteiger partial charge on any atom is 0.251 e. The van der Waals surface area contributed by atoms with Crippen LogP contribution in [0.2, 0.25) is 0 Å². The van der Waals surface area contributed by atoms with Crippen molar-refractivity contribution in [2.75, 3.05) is 11.9 Å². The molecule has 108 valence electrons. The van der Waals surface area contributed by atoms with Crippen LogP contribution in [0.3, 0.4) is 0 Å². The number of hydrogen-bond donors (Lipinski definition) is 2. The lowest BCUT2D eigenvalue weighted by atomic mass is 10.4. The average molecular weight is 319 g/mol. The fourth-order valence-electron chi connectivity index (χ4n) is 1.83. The van der Waals surface area contributed by atoms with Gasteiger partial charge >= 0.3 is 0 Å². The second kappa shape index (κ2) is 5.82. The van der Waals surface area contributed by atoms with Gasteiger partial charge in [-0.25, -0.2) is 15.0 Å². The number of H-pyrrole nitrogens is 1.